The second kappa shape index (κ2) is 3.18. The monoisotopic (exact) mass is 154 g/mol. The van der Waals surface area contributed by atoms with E-state index in [4.69, 9.17) is 0 Å². The topological polar surface area (TPSA) is 69.2 Å². The molecule has 0 radical (unpaired) electrons. The van der Waals surface area contributed by atoms with E-state index in [0.717, 1.165) is 25.0 Å². The molecule has 0 aromatic rings. The summed E-state index contributed by atoms with van der Waals surface area (Å²) in [6.07, 6.45) is 3.67. The van der Waals surface area contributed by atoms with E-state index in [1.165, 1.54) is 0 Å². The summed E-state index contributed by atoms with van der Waals surface area (Å²) >= 11 is 0. The number of hydrogen-bond acceptors (Lipinski definition) is 3. The Balaban J connectivity index is 2.23. The lowest BCUT2D eigenvalue weighted by Gasteiger charge is -1.96. The highest BCUT2D eigenvalue weighted by atomic mass is 16.4. The fraction of sp³-hybridized carbons (Fsp3) is 0.429. The molecule has 0 heterocycles. The van der Waals surface area contributed by atoms with Gasteiger partial charge in [0.05, 0.1) is 5.97 Å². The Bertz CT molecular complexity index is 206. The zero-order valence-electron chi connectivity index (χ0n) is 5.87. The third-order valence-electron chi connectivity index (χ3n) is 1.29. The molecule has 0 bridgehead atoms. The van der Waals surface area contributed by atoms with Crippen LogP contribution in [0.4, 0.5) is 0 Å². The van der Waals surface area contributed by atoms with Gasteiger partial charge in [-0.25, -0.2) is 0 Å². The maximum absolute atomic E-state index is 10.7. The average Bonchev–Trinajstić information content (AvgIpc) is 2.67. The van der Waals surface area contributed by atoms with Crippen molar-refractivity contribution in [3.05, 3.63) is 12.2 Å². The van der Waals surface area contributed by atoms with E-state index < -0.39 is 5.97 Å². The van der Waals surface area contributed by atoms with Crippen LogP contribution in [0.5, 0.6) is 0 Å². The molecule has 0 atom stereocenters. The summed E-state index contributed by atoms with van der Waals surface area (Å²) < 4.78 is 0. The number of carboxylic acid groups (broad SMARTS) is 1. The highest BCUT2D eigenvalue weighted by molar-refractivity contribution is 5.93. The fourth-order valence-corrected chi connectivity index (χ4v) is 0.621. The van der Waals surface area contributed by atoms with Crippen LogP contribution in [-0.2, 0) is 9.59 Å². The Kier molecular flexibility index (Phi) is 2.25. The van der Waals surface area contributed by atoms with Gasteiger partial charge in [0.15, 0.2) is 0 Å². The van der Waals surface area contributed by atoms with Crippen LogP contribution in [0.3, 0.4) is 0 Å². The molecular weight excluding hydrogens is 146 g/mol. The van der Waals surface area contributed by atoms with Crippen LogP contribution in [0, 0.1) is 0 Å². The number of carbonyl (C=O) groups excluding carboxylic acids is 2. The van der Waals surface area contributed by atoms with Gasteiger partial charge < -0.3 is 15.2 Å². The predicted octanol–water partition coefficient (Wildman–Crippen LogP) is -1.43. The normalized spacial score (nSPS) is 16.7. The smallest absolute Gasteiger partial charge is 0.244 e. The first-order chi connectivity index (χ1) is 5.18. The molecule has 1 amide bonds. The van der Waals surface area contributed by atoms with Crippen LogP contribution in [0.2, 0.25) is 0 Å². The Labute approximate surface area is 63.9 Å². The van der Waals surface area contributed by atoms with E-state index in [-0.39, 0.29) is 11.9 Å². The number of carboxylic acids is 1. The van der Waals surface area contributed by atoms with Gasteiger partial charge in [-0.3, -0.25) is 4.79 Å². The summed E-state index contributed by atoms with van der Waals surface area (Å²) in [5, 5.41) is 12.4. The molecule has 1 N–H and O–H groups in total. The highest BCUT2D eigenvalue weighted by Crippen LogP contribution is 2.18. The highest BCUT2D eigenvalue weighted by Gasteiger charge is 2.21. The van der Waals surface area contributed by atoms with Crippen LogP contribution < -0.4 is 10.4 Å². The second-order valence-corrected chi connectivity index (χ2v) is 2.44. The Morgan fingerprint density at radius 3 is 2.45 bits per heavy atom. The van der Waals surface area contributed by atoms with E-state index in [1.807, 2.05) is 0 Å². The van der Waals surface area contributed by atoms with Gasteiger partial charge in [-0.15, -0.1) is 0 Å². The van der Waals surface area contributed by atoms with E-state index in [2.05, 4.69) is 5.32 Å². The molecule has 0 spiro atoms. The quantitative estimate of drug-likeness (QED) is 0.507. The Hall–Kier alpha value is -1.32. The summed E-state index contributed by atoms with van der Waals surface area (Å²) in [7, 11) is 0. The van der Waals surface area contributed by atoms with Crippen molar-refractivity contribution in [2.24, 2.45) is 0 Å². The Morgan fingerprint density at radius 2 is 2.00 bits per heavy atom. The SMILES string of the molecule is O=C([O-])C=CC(=O)NC1CC1. The largest absolute Gasteiger partial charge is 0.545 e. The average molecular weight is 154 g/mol. The molecule has 0 aromatic heterocycles. The van der Waals surface area contributed by atoms with Gasteiger partial charge in [-0.1, -0.05) is 0 Å². The van der Waals surface area contributed by atoms with Gasteiger partial charge in [0.2, 0.25) is 5.91 Å². The molecule has 1 fully saturated rings. The van der Waals surface area contributed by atoms with Crippen molar-refractivity contribution in [1.82, 2.24) is 5.32 Å². The summed E-state index contributed by atoms with van der Waals surface area (Å²) in [6, 6.07) is 0.258. The minimum absolute atomic E-state index is 0.258. The first kappa shape index (κ1) is 7.78. The van der Waals surface area contributed by atoms with Crippen LogP contribution in [0.15, 0.2) is 12.2 Å². The molecule has 1 saturated carbocycles. The summed E-state index contributed by atoms with van der Waals surface area (Å²) in [5.41, 5.74) is 0. The summed E-state index contributed by atoms with van der Waals surface area (Å²) in [5.74, 6) is -1.72. The van der Waals surface area contributed by atoms with E-state index >= 15 is 0 Å². The van der Waals surface area contributed by atoms with E-state index in [0.29, 0.717) is 0 Å². The number of carbonyl (C=O) groups is 2. The predicted molar refractivity (Wildman–Crippen MR) is 35.3 cm³/mol. The fourth-order valence-electron chi connectivity index (χ4n) is 0.621. The molecule has 1 aliphatic rings. The maximum atomic E-state index is 10.7. The number of hydrogen-bond donors (Lipinski definition) is 1. The lowest BCUT2D eigenvalue weighted by molar-refractivity contribution is -0.297. The zero-order valence-corrected chi connectivity index (χ0v) is 5.87. The molecule has 60 valence electrons. The molecule has 4 nitrogen and oxygen atoms in total. The first-order valence-corrected chi connectivity index (χ1v) is 3.38. The molecular formula is C7H8NO3-. The van der Waals surface area contributed by atoms with Crippen LogP contribution in [0.25, 0.3) is 0 Å². The molecule has 0 aliphatic heterocycles. The van der Waals surface area contributed by atoms with Crippen molar-refractivity contribution in [2.75, 3.05) is 0 Å². The number of amides is 1. The van der Waals surface area contributed by atoms with Crippen LogP contribution in [0.1, 0.15) is 12.8 Å². The van der Waals surface area contributed by atoms with Gasteiger partial charge in [0.25, 0.3) is 0 Å². The minimum Gasteiger partial charge on any atom is -0.545 e. The van der Waals surface area contributed by atoms with Crippen molar-refractivity contribution < 1.29 is 14.7 Å². The molecule has 0 aromatic carbocycles. The molecule has 11 heavy (non-hydrogen) atoms. The van der Waals surface area contributed by atoms with Crippen LogP contribution in [-0.4, -0.2) is 17.9 Å². The lowest BCUT2D eigenvalue weighted by Crippen LogP contribution is -2.25. The summed E-state index contributed by atoms with van der Waals surface area (Å²) in [4.78, 5) is 20.5. The molecule has 4 heteroatoms. The van der Waals surface area contributed by atoms with Gasteiger partial charge in [0.1, 0.15) is 0 Å². The first-order valence-electron chi connectivity index (χ1n) is 3.38. The van der Waals surface area contributed by atoms with E-state index in [9.17, 15) is 14.7 Å². The number of nitrogens with one attached hydrogen (secondary N) is 1. The molecule has 0 unspecified atom stereocenters. The summed E-state index contributed by atoms with van der Waals surface area (Å²) in [6.45, 7) is 0. The van der Waals surface area contributed by atoms with Crippen molar-refractivity contribution in [1.29, 1.82) is 0 Å². The van der Waals surface area contributed by atoms with Crippen molar-refractivity contribution in [3.8, 4) is 0 Å². The number of rotatable bonds is 3. The molecule has 0 saturated heterocycles. The van der Waals surface area contributed by atoms with Gasteiger partial charge >= 0.3 is 0 Å². The third kappa shape index (κ3) is 3.40. The van der Waals surface area contributed by atoms with Gasteiger partial charge in [0, 0.05) is 12.1 Å². The lowest BCUT2D eigenvalue weighted by atomic mass is 10.4. The third-order valence-corrected chi connectivity index (χ3v) is 1.29. The maximum Gasteiger partial charge on any atom is 0.244 e. The standard InChI is InChI=1S/C7H9NO3/c9-6(3-4-7(10)11)8-5-1-2-5/h3-5H,1-2H2,(H,8,9)(H,10,11)/p-1. The molecule has 1 aliphatic carbocycles. The van der Waals surface area contributed by atoms with Gasteiger partial charge in [-0.2, -0.15) is 0 Å². The van der Waals surface area contributed by atoms with Crippen LogP contribution >= 0.6 is 0 Å². The molecule has 1 rings (SSSR count). The van der Waals surface area contributed by atoms with E-state index in [1.54, 1.807) is 0 Å². The van der Waals surface area contributed by atoms with Gasteiger partial charge in [-0.05, 0) is 18.9 Å². The van der Waals surface area contributed by atoms with Crippen molar-refractivity contribution in [2.45, 2.75) is 18.9 Å². The number of aliphatic carboxylic acids is 1. The van der Waals surface area contributed by atoms with Crippen molar-refractivity contribution in [3.63, 3.8) is 0 Å². The minimum atomic E-state index is -1.35. The van der Waals surface area contributed by atoms with Crippen molar-refractivity contribution >= 4 is 11.9 Å². The second-order valence-electron chi connectivity index (χ2n) is 2.44. The zero-order chi connectivity index (χ0) is 8.27. The Morgan fingerprint density at radius 1 is 1.36 bits per heavy atom.